The van der Waals surface area contributed by atoms with Crippen LogP contribution >= 0.6 is 0 Å². The van der Waals surface area contributed by atoms with Gasteiger partial charge in [-0.2, -0.15) is 0 Å². The van der Waals surface area contributed by atoms with Crippen molar-refractivity contribution in [1.82, 2.24) is 0 Å². The number of aliphatic carboxylic acids is 1. The monoisotopic (exact) mass is 222 g/mol. The van der Waals surface area contributed by atoms with Gasteiger partial charge < -0.3 is 5.11 Å². The van der Waals surface area contributed by atoms with Crippen LogP contribution in [0.4, 0.5) is 0 Å². The van der Waals surface area contributed by atoms with Crippen molar-refractivity contribution < 1.29 is 18.3 Å². The zero-order valence-electron chi connectivity index (χ0n) is 8.86. The van der Waals surface area contributed by atoms with Gasteiger partial charge in [-0.3, -0.25) is 4.79 Å². The Morgan fingerprint density at radius 2 is 1.86 bits per heavy atom. The Morgan fingerprint density at radius 3 is 2.14 bits per heavy atom. The molecule has 1 unspecified atom stereocenters. The fourth-order valence-electron chi connectivity index (χ4n) is 1.04. The summed E-state index contributed by atoms with van der Waals surface area (Å²) in [5.74, 6) is -1.48. The minimum absolute atomic E-state index is 0.0323. The summed E-state index contributed by atoms with van der Waals surface area (Å²) in [5.41, 5.74) is 0. The molecule has 4 nitrogen and oxygen atoms in total. The van der Waals surface area contributed by atoms with Gasteiger partial charge in [-0.05, 0) is 26.7 Å². The van der Waals surface area contributed by atoms with Gasteiger partial charge >= 0.3 is 5.97 Å². The van der Waals surface area contributed by atoms with E-state index in [1.54, 1.807) is 20.8 Å². The van der Waals surface area contributed by atoms with Crippen LogP contribution in [0.5, 0.6) is 0 Å². The summed E-state index contributed by atoms with van der Waals surface area (Å²) < 4.78 is 22.8. The van der Waals surface area contributed by atoms with Crippen molar-refractivity contribution in [1.29, 1.82) is 0 Å². The molecule has 0 aromatic carbocycles. The lowest BCUT2D eigenvalue weighted by molar-refractivity contribution is -0.141. The number of carboxylic acids is 1. The number of hydrogen-bond acceptors (Lipinski definition) is 3. The first-order chi connectivity index (χ1) is 6.31. The van der Waals surface area contributed by atoms with Crippen molar-refractivity contribution in [2.24, 2.45) is 5.92 Å². The van der Waals surface area contributed by atoms with Gasteiger partial charge in [0.25, 0.3) is 0 Å². The fraction of sp³-hybridized carbons (Fsp3) is 0.889. The number of sulfone groups is 1. The number of rotatable bonds is 6. The van der Waals surface area contributed by atoms with E-state index < -0.39 is 27.0 Å². The number of hydrogen-bond donors (Lipinski definition) is 1. The van der Waals surface area contributed by atoms with Crippen LogP contribution in [-0.2, 0) is 14.6 Å². The second-order valence-corrected chi connectivity index (χ2v) is 6.32. The lowest BCUT2D eigenvalue weighted by atomic mass is 10.0. The molecule has 0 amide bonds. The Morgan fingerprint density at radius 1 is 1.36 bits per heavy atom. The first kappa shape index (κ1) is 13.4. The standard InChI is InChI=1S/C9H18O4S/c1-4-8(9(10)11)5-6-14(12,13)7(2)3/h7-8H,4-6H2,1-3H3,(H,10,11). The molecule has 0 spiro atoms. The summed E-state index contributed by atoms with van der Waals surface area (Å²) in [7, 11) is -3.10. The summed E-state index contributed by atoms with van der Waals surface area (Å²) in [6, 6.07) is 0. The van der Waals surface area contributed by atoms with E-state index in [1.165, 1.54) is 0 Å². The molecule has 1 N–H and O–H groups in total. The maximum Gasteiger partial charge on any atom is 0.306 e. The molecular weight excluding hydrogens is 204 g/mol. The summed E-state index contributed by atoms with van der Waals surface area (Å²) in [4.78, 5) is 10.6. The van der Waals surface area contributed by atoms with Crippen LogP contribution in [0, 0.1) is 5.92 Å². The van der Waals surface area contributed by atoms with Crippen molar-refractivity contribution in [2.75, 3.05) is 5.75 Å². The molecule has 0 rings (SSSR count). The van der Waals surface area contributed by atoms with Crippen LogP contribution in [-0.4, -0.2) is 30.5 Å². The molecule has 0 aromatic rings. The van der Waals surface area contributed by atoms with Gasteiger partial charge in [0.15, 0.2) is 9.84 Å². The van der Waals surface area contributed by atoms with E-state index in [9.17, 15) is 13.2 Å². The van der Waals surface area contributed by atoms with Crippen molar-refractivity contribution in [2.45, 2.75) is 38.9 Å². The van der Waals surface area contributed by atoms with Crippen molar-refractivity contribution in [3.05, 3.63) is 0 Å². The average molecular weight is 222 g/mol. The van der Waals surface area contributed by atoms with Gasteiger partial charge in [-0.25, -0.2) is 8.42 Å². The minimum Gasteiger partial charge on any atom is -0.481 e. The molecule has 5 heteroatoms. The zero-order valence-corrected chi connectivity index (χ0v) is 9.67. The predicted octanol–water partition coefficient (Wildman–Crippen LogP) is 1.31. The van der Waals surface area contributed by atoms with Gasteiger partial charge in [0.1, 0.15) is 0 Å². The van der Waals surface area contributed by atoms with Crippen LogP contribution in [0.25, 0.3) is 0 Å². The molecule has 0 aliphatic rings. The van der Waals surface area contributed by atoms with Crippen LogP contribution in [0.15, 0.2) is 0 Å². The Hall–Kier alpha value is -0.580. The average Bonchev–Trinajstić information content (AvgIpc) is 2.04. The third-order valence-electron chi connectivity index (χ3n) is 2.31. The summed E-state index contributed by atoms with van der Waals surface area (Å²) >= 11 is 0. The quantitative estimate of drug-likeness (QED) is 0.735. The van der Waals surface area contributed by atoms with E-state index in [0.717, 1.165) is 0 Å². The minimum atomic E-state index is -3.10. The summed E-state index contributed by atoms with van der Waals surface area (Å²) in [6.07, 6.45) is 0.690. The molecule has 0 bridgehead atoms. The molecule has 0 fully saturated rings. The van der Waals surface area contributed by atoms with E-state index >= 15 is 0 Å². The fourth-order valence-corrected chi connectivity index (χ4v) is 2.13. The van der Waals surface area contributed by atoms with E-state index in [4.69, 9.17) is 5.11 Å². The maximum absolute atomic E-state index is 11.4. The molecule has 0 heterocycles. The lowest BCUT2D eigenvalue weighted by Crippen LogP contribution is -2.22. The normalized spacial score (nSPS) is 14.3. The third-order valence-corrected chi connectivity index (χ3v) is 4.55. The molecule has 1 atom stereocenters. The van der Waals surface area contributed by atoms with Crippen LogP contribution in [0.3, 0.4) is 0 Å². The van der Waals surface area contributed by atoms with Crippen molar-refractivity contribution in [3.63, 3.8) is 0 Å². The largest absolute Gasteiger partial charge is 0.481 e. The van der Waals surface area contributed by atoms with E-state index in [2.05, 4.69) is 0 Å². The zero-order chi connectivity index (χ0) is 11.4. The summed E-state index contributed by atoms with van der Waals surface area (Å²) in [6.45, 7) is 4.97. The molecule has 0 aliphatic carbocycles. The van der Waals surface area contributed by atoms with Crippen LogP contribution < -0.4 is 0 Å². The Labute approximate surface area is 85.2 Å². The Kier molecular flexibility index (Phi) is 5.12. The lowest BCUT2D eigenvalue weighted by Gasteiger charge is -2.11. The highest BCUT2D eigenvalue weighted by Crippen LogP contribution is 2.12. The van der Waals surface area contributed by atoms with Crippen LogP contribution in [0.1, 0.15) is 33.6 Å². The Balaban J connectivity index is 4.24. The third kappa shape index (κ3) is 4.09. The number of carboxylic acid groups (broad SMARTS) is 1. The van der Waals surface area contributed by atoms with Gasteiger partial charge in [0.2, 0.25) is 0 Å². The van der Waals surface area contributed by atoms with Crippen molar-refractivity contribution in [3.8, 4) is 0 Å². The van der Waals surface area contributed by atoms with E-state index in [-0.39, 0.29) is 12.2 Å². The highest BCUT2D eigenvalue weighted by molar-refractivity contribution is 7.91. The molecule has 0 aromatic heterocycles. The molecule has 84 valence electrons. The van der Waals surface area contributed by atoms with Gasteiger partial charge in [0.05, 0.1) is 16.9 Å². The molecule has 14 heavy (non-hydrogen) atoms. The SMILES string of the molecule is CCC(CCS(=O)(=O)C(C)C)C(=O)O. The molecule has 0 saturated heterocycles. The van der Waals surface area contributed by atoms with Gasteiger partial charge in [-0.1, -0.05) is 6.92 Å². The first-order valence-electron chi connectivity index (χ1n) is 4.75. The molecule has 0 saturated carbocycles. The molecule has 0 aliphatic heterocycles. The number of carbonyl (C=O) groups is 1. The van der Waals surface area contributed by atoms with E-state index in [0.29, 0.717) is 6.42 Å². The van der Waals surface area contributed by atoms with Gasteiger partial charge in [-0.15, -0.1) is 0 Å². The van der Waals surface area contributed by atoms with Crippen LogP contribution in [0.2, 0.25) is 0 Å². The topological polar surface area (TPSA) is 71.4 Å². The summed E-state index contributed by atoms with van der Waals surface area (Å²) in [5, 5.41) is 8.29. The Bertz CT molecular complexity index is 279. The van der Waals surface area contributed by atoms with Crippen molar-refractivity contribution >= 4 is 15.8 Å². The van der Waals surface area contributed by atoms with E-state index in [1.807, 2.05) is 0 Å². The first-order valence-corrected chi connectivity index (χ1v) is 6.47. The second kappa shape index (κ2) is 5.34. The van der Waals surface area contributed by atoms with Gasteiger partial charge in [0, 0.05) is 0 Å². The highest BCUT2D eigenvalue weighted by atomic mass is 32.2. The molecular formula is C9H18O4S. The smallest absolute Gasteiger partial charge is 0.306 e. The highest BCUT2D eigenvalue weighted by Gasteiger charge is 2.21. The predicted molar refractivity (Wildman–Crippen MR) is 55.0 cm³/mol. The molecule has 0 radical (unpaired) electrons. The maximum atomic E-state index is 11.4. The second-order valence-electron chi connectivity index (χ2n) is 3.65.